The Morgan fingerprint density at radius 1 is 1.12 bits per heavy atom. The number of ether oxygens (including phenoxy) is 2. The number of nitrogens with one attached hydrogen (secondary N) is 1. The van der Waals surface area contributed by atoms with Gasteiger partial charge in [-0.1, -0.05) is 12.1 Å². The highest BCUT2D eigenvalue weighted by Crippen LogP contribution is 2.32. The standard InChI is InChI=1S/C17H14BrN3O4/c1-24-14-7-10(12(18)8-15(14)25-2)9-19-21-16(22)11-5-3-4-6-13(11)20-17(21)23/h3-9H,1-2H3,(H,20,23). The van der Waals surface area contributed by atoms with E-state index in [2.05, 4.69) is 26.0 Å². The lowest BCUT2D eigenvalue weighted by molar-refractivity contribution is 0.354. The van der Waals surface area contributed by atoms with Gasteiger partial charge in [-0.05, 0) is 40.2 Å². The maximum atomic E-state index is 12.5. The molecule has 25 heavy (non-hydrogen) atoms. The van der Waals surface area contributed by atoms with Crippen LogP contribution >= 0.6 is 15.9 Å². The summed E-state index contributed by atoms with van der Waals surface area (Å²) in [6.07, 6.45) is 1.40. The van der Waals surface area contributed by atoms with Gasteiger partial charge in [0, 0.05) is 10.0 Å². The van der Waals surface area contributed by atoms with Crippen LogP contribution in [-0.2, 0) is 0 Å². The summed E-state index contributed by atoms with van der Waals surface area (Å²) in [7, 11) is 3.05. The van der Waals surface area contributed by atoms with Crippen molar-refractivity contribution in [1.29, 1.82) is 0 Å². The topological polar surface area (TPSA) is 85.7 Å². The summed E-state index contributed by atoms with van der Waals surface area (Å²) < 4.78 is 11.9. The maximum Gasteiger partial charge on any atom is 0.349 e. The Kier molecular flexibility index (Phi) is 4.71. The lowest BCUT2D eigenvalue weighted by Gasteiger charge is -2.09. The molecular weight excluding hydrogens is 390 g/mol. The molecule has 0 bridgehead atoms. The minimum Gasteiger partial charge on any atom is -0.493 e. The predicted molar refractivity (Wildman–Crippen MR) is 99.1 cm³/mol. The van der Waals surface area contributed by atoms with Crippen molar-refractivity contribution < 1.29 is 9.47 Å². The number of para-hydroxylation sites is 1. The van der Waals surface area contributed by atoms with Crippen LogP contribution < -0.4 is 20.7 Å². The number of halogens is 1. The molecule has 8 heteroatoms. The van der Waals surface area contributed by atoms with Crippen molar-refractivity contribution in [2.45, 2.75) is 0 Å². The summed E-state index contributed by atoms with van der Waals surface area (Å²) in [4.78, 5) is 27.2. The van der Waals surface area contributed by atoms with Crippen LogP contribution in [0.3, 0.4) is 0 Å². The molecule has 2 aromatic carbocycles. The molecule has 3 rings (SSSR count). The zero-order valence-electron chi connectivity index (χ0n) is 13.4. The van der Waals surface area contributed by atoms with Crippen molar-refractivity contribution in [3.05, 3.63) is 67.3 Å². The largest absolute Gasteiger partial charge is 0.493 e. The van der Waals surface area contributed by atoms with Gasteiger partial charge < -0.3 is 14.5 Å². The van der Waals surface area contributed by atoms with Crippen molar-refractivity contribution in [1.82, 2.24) is 9.66 Å². The van der Waals surface area contributed by atoms with Gasteiger partial charge in [-0.15, -0.1) is 4.68 Å². The first-order valence-electron chi connectivity index (χ1n) is 7.25. The van der Waals surface area contributed by atoms with Crippen molar-refractivity contribution in [3.63, 3.8) is 0 Å². The molecule has 0 amide bonds. The summed E-state index contributed by atoms with van der Waals surface area (Å²) in [5.74, 6) is 1.05. The third-order valence-electron chi connectivity index (χ3n) is 3.60. The normalized spacial score (nSPS) is 11.2. The lowest BCUT2D eigenvalue weighted by Crippen LogP contribution is -2.32. The van der Waals surface area contributed by atoms with Gasteiger partial charge in [0.2, 0.25) is 0 Å². The molecule has 0 spiro atoms. The number of methoxy groups -OCH3 is 2. The smallest absolute Gasteiger partial charge is 0.349 e. The highest BCUT2D eigenvalue weighted by molar-refractivity contribution is 9.10. The molecule has 0 aliphatic rings. The molecule has 3 aromatic rings. The highest BCUT2D eigenvalue weighted by Gasteiger charge is 2.09. The SMILES string of the molecule is COc1cc(Br)c(C=Nn2c(=O)[nH]c3ccccc3c2=O)cc1OC. The number of hydrogen-bond acceptors (Lipinski definition) is 5. The van der Waals surface area contributed by atoms with Crippen LogP contribution in [0.4, 0.5) is 0 Å². The molecule has 0 aliphatic heterocycles. The lowest BCUT2D eigenvalue weighted by atomic mass is 10.2. The maximum absolute atomic E-state index is 12.5. The molecule has 1 N–H and O–H groups in total. The average molecular weight is 404 g/mol. The van der Waals surface area contributed by atoms with E-state index in [4.69, 9.17) is 9.47 Å². The van der Waals surface area contributed by atoms with E-state index < -0.39 is 11.2 Å². The number of nitrogens with zero attached hydrogens (tertiary/aromatic N) is 2. The van der Waals surface area contributed by atoms with Crippen molar-refractivity contribution in [2.75, 3.05) is 14.2 Å². The summed E-state index contributed by atoms with van der Waals surface area (Å²) in [6, 6.07) is 10.2. The van der Waals surface area contributed by atoms with Crippen LogP contribution in [0.1, 0.15) is 5.56 Å². The number of aromatic amines is 1. The van der Waals surface area contributed by atoms with Gasteiger partial charge in [0.15, 0.2) is 11.5 Å². The Morgan fingerprint density at radius 3 is 2.52 bits per heavy atom. The Bertz CT molecular complexity index is 1090. The third kappa shape index (κ3) is 3.20. The molecule has 0 saturated carbocycles. The van der Waals surface area contributed by atoms with Crippen LogP contribution in [0.25, 0.3) is 10.9 Å². The Labute approximate surface area is 150 Å². The summed E-state index contributed by atoms with van der Waals surface area (Å²) in [6.45, 7) is 0. The average Bonchev–Trinajstić information content (AvgIpc) is 2.62. The minimum atomic E-state index is -0.614. The zero-order valence-corrected chi connectivity index (χ0v) is 15.0. The molecule has 7 nitrogen and oxygen atoms in total. The first kappa shape index (κ1) is 17.0. The fourth-order valence-corrected chi connectivity index (χ4v) is 2.77. The number of fused-ring (bicyclic) bond motifs is 1. The quantitative estimate of drug-likeness (QED) is 0.677. The zero-order chi connectivity index (χ0) is 18.0. The van der Waals surface area contributed by atoms with Gasteiger partial charge in [-0.2, -0.15) is 5.10 Å². The third-order valence-corrected chi connectivity index (χ3v) is 4.29. The van der Waals surface area contributed by atoms with E-state index in [1.165, 1.54) is 20.4 Å². The molecule has 1 aromatic heterocycles. The summed E-state index contributed by atoms with van der Waals surface area (Å²) in [5, 5.41) is 4.41. The van der Waals surface area contributed by atoms with Crippen LogP contribution in [-0.4, -0.2) is 30.1 Å². The van der Waals surface area contributed by atoms with Gasteiger partial charge in [0.05, 0.1) is 31.3 Å². The second kappa shape index (κ2) is 6.94. The van der Waals surface area contributed by atoms with Crippen LogP contribution in [0, 0.1) is 0 Å². The summed E-state index contributed by atoms with van der Waals surface area (Å²) in [5.41, 5.74) is -0.0166. The molecule has 0 unspecified atom stereocenters. The van der Waals surface area contributed by atoms with Crippen LogP contribution in [0.2, 0.25) is 0 Å². The first-order valence-corrected chi connectivity index (χ1v) is 8.04. The van der Waals surface area contributed by atoms with E-state index >= 15 is 0 Å². The predicted octanol–water partition coefficient (Wildman–Crippen LogP) is 2.35. The van der Waals surface area contributed by atoms with Crippen molar-refractivity contribution >= 4 is 33.0 Å². The van der Waals surface area contributed by atoms with Gasteiger partial charge >= 0.3 is 5.69 Å². The number of aromatic nitrogens is 2. The molecule has 128 valence electrons. The van der Waals surface area contributed by atoms with E-state index in [-0.39, 0.29) is 0 Å². The minimum absolute atomic E-state index is 0.380. The van der Waals surface area contributed by atoms with Crippen molar-refractivity contribution in [2.24, 2.45) is 5.10 Å². The van der Waals surface area contributed by atoms with E-state index in [9.17, 15) is 9.59 Å². The van der Waals surface area contributed by atoms with Gasteiger partial charge in [0.25, 0.3) is 5.56 Å². The molecular formula is C17H14BrN3O4. The fourth-order valence-electron chi connectivity index (χ4n) is 2.35. The second-order valence-corrected chi connectivity index (χ2v) is 5.92. The van der Waals surface area contributed by atoms with Crippen LogP contribution in [0.15, 0.2) is 55.6 Å². The van der Waals surface area contributed by atoms with Crippen molar-refractivity contribution in [3.8, 4) is 11.5 Å². The number of benzene rings is 2. The number of rotatable bonds is 4. The molecule has 0 saturated heterocycles. The van der Waals surface area contributed by atoms with E-state index in [1.807, 2.05) is 0 Å². The van der Waals surface area contributed by atoms with Gasteiger partial charge in [-0.25, -0.2) is 4.79 Å². The molecule has 0 radical (unpaired) electrons. The van der Waals surface area contributed by atoms with Gasteiger partial charge in [-0.3, -0.25) is 4.79 Å². The summed E-state index contributed by atoms with van der Waals surface area (Å²) >= 11 is 3.40. The van der Waals surface area contributed by atoms with E-state index in [0.29, 0.717) is 32.4 Å². The Hall–Kier alpha value is -2.87. The molecule has 1 heterocycles. The van der Waals surface area contributed by atoms with Gasteiger partial charge in [0.1, 0.15) is 0 Å². The van der Waals surface area contributed by atoms with E-state index in [1.54, 1.807) is 36.4 Å². The second-order valence-electron chi connectivity index (χ2n) is 5.07. The molecule has 0 atom stereocenters. The van der Waals surface area contributed by atoms with Crippen LogP contribution in [0.5, 0.6) is 11.5 Å². The highest BCUT2D eigenvalue weighted by atomic mass is 79.9. The molecule has 0 aliphatic carbocycles. The van der Waals surface area contributed by atoms with E-state index in [0.717, 1.165) is 4.68 Å². The number of hydrogen-bond donors (Lipinski definition) is 1. The monoisotopic (exact) mass is 403 g/mol. The number of H-pyrrole nitrogens is 1. The Balaban J connectivity index is 2.10. The molecule has 0 fully saturated rings. The first-order chi connectivity index (χ1) is 12.0. The fraction of sp³-hybridized carbons (Fsp3) is 0.118. The Morgan fingerprint density at radius 2 is 1.80 bits per heavy atom.